The van der Waals surface area contributed by atoms with E-state index in [1.54, 1.807) is 0 Å². The molecule has 0 bridgehead atoms. The summed E-state index contributed by atoms with van der Waals surface area (Å²) in [4.78, 5) is 10.8. The van der Waals surface area contributed by atoms with Gasteiger partial charge in [-0.15, -0.1) is 0 Å². The van der Waals surface area contributed by atoms with E-state index in [-0.39, 0.29) is 11.9 Å². The van der Waals surface area contributed by atoms with Crippen LogP contribution in [0.1, 0.15) is 19.3 Å². The van der Waals surface area contributed by atoms with Gasteiger partial charge in [-0.2, -0.15) is 0 Å². The summed E-state index contributed by atoms with van der Waals surface area (Å²) in [6, 6.07) is 0.104. The monoisotopic (exact) mass is 141 g/mol. The van der Waals surface area contributed by atoms with Gasteiger partial charge in [0.05, 0.1) is 6.54 Å². The summed E-state index contributed by atoms with van der Waals surface area (Å²) in [6.07, 6.45) is 3.63. The van der Waals surface area contributed by atoms with Crippen LogP contribution in [-0.4, -0.2) is 18.5 Å². The standard InChI is InChI=1S/C7H12N2O/c8-6(10)5-7(1-2-7)3-4-9-5/h5,9H,1-4H2,(H2,8,10)/p+1. The molecule has 1 saturated carbocycles. The van der Waals surface area contributed by atoms with Gasteiger partial charge in [0, 0.05) is 11.8 Å². The second-order valence-electron chi connectivity index (χ2n) is 3.52. The molecule has 10 heavy (non-hydrogen) atoms. The van der Waals surface area contributed by atoms with Crippen LogP contribution in [0.2, 0.25) is 0 Å². The first-order chi connectivity index (χ1) is 4.75. The summed E-state index contributed by atoms with van der Waals surface area (Å²) in [5.41, 5.74) is 5.60. The Hall–Kier alpha value is -0.570. The number of amides is 1. The van der Waals surface area contributed by atoms with E-state index in [4.69, 9.17) is 5.73 Å². The van der Waals surface area contributed by atoms with Crippen LogP contribution in [0.5, 0.6) is 0 Å². The molecule has 1 unspecified atom stereocenters. The number of hydrogen-bond acceptors (Lipinski definition) is 1. The summed E-state index contributed by atoms with van der Waals surface area (Å²) in [6.45, 7) is 1.09. The minimum absolute atomic E-state index is 0.104. The third-order valence-corrected chi connectivity index (χ3v) is 2.90. The minimum atomic E-state index is -0.116. The van der Waals surface area contributed by atoms with Crippen molar-refractivity contribution in [1.29, 1.82) is 0 Å². The van der Waals surface area contributed by atoms with Gasteiger partial charge in [-0.25, -0.2) is 0 Å². The van der Waals surface area contributed by atoms with Crippen molar-refractivity contribution in [3.05, 3.63) is 0 Å². The van der Waals surface area contributed by atoms with Gasteiger partial charge in [-0.05, 0) is 12.8 Å². The first-order valence-electron chi connectivity index (χ1n) is 3.87. The van der Waals surface area contributed by atoms with E-state index in [2.05, 4.69) is 5.32 Å². The van der Waals surface area contributed by atoms with E-state index in [1.165, 1.54) is 19.3 Å². The Morgan fingerprint density at radius 3 is 2.60 bits per heavy atom. The average molecular weight is 141 g/mol. The van der Waals surface area contributed by atoms with Crippen molar-refractivity contribution in [2.75, 3.05) is 6.54 Å². The van der Waals surface area contributed by atoms with Gasteiger partial charge in [0.25, 0.3) is 5.91 Å². The molecular weight excluding hydrogens is 128 g/mol. The molecular formula is C7H13N2O+. The second-order valence-corrected chi connectivity index (χ2v) is 3.52. The molecule has 0 aromatic rings. The molecule has 3 nitrogen and oxygen atoms in total. The minimum Gasteiger partial charge on any atom is -0.364 e. The Bertz CT molecular complexity index is 174. The maximum absolute atomic E-state index is 10.8. The molecule has 1 aliphatic heterocycles. The zero-order valence-corrected chi connectivity index (χ0v) is 5.97. The Balaban J connectivity index is 2.14. The largest absolute Gasteiger partial charge is 0.364 e. The first-order valence-corrected chi connectivity index (χ1v) is 3.87. The molecule has 0 aromatic heterocycles. The Kier molecular flexibility index (Phi) is 1.06. The van der Waals surface area contributed by atoms with Crippen LogP contribution in [-0.2, 0) is 4.79 Å². The van der Waals surface area contributed by atoms with Gasteiger partial charge in [0.15, 0.2) is 6.04 Å². The number of primary amides is 1. The summed E-state index contributed by atoms with van der Waals surface area (Å²) in [5.74, 6) is -0.116. The molecule has 1 aliphatic carbocycles. The fraction of sp³-hybridized carbons (Fsp3) is 0.857. The maximum atomic E-state index is 10.8. The number of hydrogen-bond donors (Lipinski definition) is 2. The van der Waals surface area contributed by atoms with Crippen molar-refractivity contribution in [3.8, 4) is 0 Å². The van der Waals surface area contributed by atoms with E-state index < -0.39 is 0 Å². The molecule has 2 rings (SSSR count). The highest BCUT2D eigenvalue weighted by Crippen LogP contribution is 2.51. The molecule has 3 heteroatoms. The fourth-order valence-corrected chi connectivity index (χ4v) is 2.08. The molecule has 56 valence electrons. The van der Waals surface area contributed by atoms with Gasteiger partial charge in [-0.1, -0.05) is 0 Å². The van der Waals surface area contributed by atoms with Gasteiger partial charge >= 0.3 is 0 Å². The molecule has 1 heterocycles. The molecule has 1 saturated heterocycles. The van der Waals surface area contributed by atoms with Crippen molar-refractivity contribution in [2.45, 2.75) is 25.3 Å². The number of quaternary nitrogens is 1. The van der Waals surface area contributed by atoms with Crippen LogP contribution in [0.15, 0.2) is 0 Å². The lowest BCUT2D eigenvalue weighted by molar-refractivity contribution is -0.661. The third kappa shape index (κ3) is 0.669. The van der Waals surface area contributed by atoms with E-state index in [0.717, 1.165) is 6.54 Å². The highest BCUT2D eigenvalue weighted by atomic mass is 16.1. The lowest BCUT2D eigenvalue weighted by atomic mass is 9.97. The van der Waals surface area contributed by atoms with E-state index in [9.17, 15) is 4.79 Å². The smallest absolute Gasteiger partial charge is 0.276 e. The number of rotatable bonds is 1. The number of nitrogens with two attached hydrogens (primary N) is 2. The highest BCUT2D eigenvalue weighted by molar-refractivity contribution is 5.80. The van der Waals surface area contributed by atoms with Crippen LogP contribution in [0.25, 0.3) is 0 Å². The highest BCUT2D eigenvalue weighted by Gasteiger charge is 2.57. The van der Waals surface area contributed by atoms with E-state index in [0.29, 0.717) is 5.41 Å². The SMILES string of the molecule is NC(=O)C1[NH2+]CCC12CC2. The molecule has 1 atom stereocenters. The lowest BCUT2D eigenvalue weighted by Crippen LogP contribution is -2.90. The quantitative estimate of drug-likeness (QED) is 0.463. The molecule has 0 radical (unpaired) electrons. The van der Waals surface area contributed by atoms with Gasteiger partial charge in [0.1, 0.15) is 0 Å². The summed E-state index contributed by atoms with van der Waals surface area (Å²) in [7, 11) is 0. The number of carbonyl (C=O) groups is 1. The number of carbonyl (C=O) groups excluding carboxylic acids is 1. The van der Waals surface area contributed by atoms with Crippen molar-refractivity contribution < 1.29 is 10.1 Å². The molecule has 0 aromatic carbocycles. The van der Waals surface area contributed by atoms with Crippen molar-refractivity contribution in [3.63, 3.8) is 0 Å². The van der Waals surface area contributed by atoms with Crippen LogP contribution < -0.4 is 11.1 Å². The summed E-state index contributed by atoms with van der Waals surface area (Å²) < 4.78 is 0. The Morgan fingerprint density at radius 1 is 1.50 bits per heavy atom. The topological polar surface area (TPSA) is 59.7 Å². The average Bonchev–Trinajstić information content (AvgIpc) is 2.42. The van der Waals surface area contributed by atoms with Gasteiger partial charge in [0.2, 0.25) is 0 Å². The molecule has 1 amide bonds. The Morgan fingerprint density at radius 2 is 2.20 bits per heavy atom. The fourth-order valence-electron chi connectivity index (χ4n) is 2.08. The van der Waals surface area contributed by atoms with E-state index >= 15 is 0 Å². The zero-order chi connectivity index (χ0) is 7.19. The van der Waals surface area contributed by atoms with Crippen molar-refractivity contribution >= 4 is 5.91 Å². The van der Waals surface area contributed by atoms with Crippen LogP contribution in [0.4, 0.5) is 0 Å². The molecule has 2 fully saturated rings. The zero-order valence-electron chi connectivity index (χ0n) is 5.97. The Labute approximate surface area is 60.0 Å². The van der Waals surface area contributed by atoms with Crippen molar-refractivity contribution in [1.82, 2.24) is 0 Å². The van der Waals surface area contributed by atoms with Crippen LogP contribution in [0.3, 0.4) is 0 Å². The van der Waals surface area contributed by atoms with Gasteiger partial charge < -0.3 is 11.1 Å². The molecule has 2 aliphatic rings. The maximum Gasteiger partial charge on any atom is 0.276 e. The molecule has 1 spiro atoms. The van der Waals surface area contributed by atoms with E-state index in [1.807, 2.05) is 0 Å². The summed E-state index contributed by atoms with van der Waals surface area (Å²) >= 11 is 0. The van der Waals surface area contributed by atoms with Crippen molar-refractivity contribution in [2.24, 2.45) is 11.1 Å². The van der Waals surface area contributed by atoms with Crippen LogP contribution >= 0.6 is 0 Å². The second kappa shape index (κ2) is 1.72. The third-order valence-electron chi connectivity index (χ3n) is 2.90. The predicted octanol–water partition coefficient (Wildman–Crippen LogP) is -1.41. The van der Waals surface area contributed by atoms with Crippen LogP contribution in [0, 0.1) is 5.41 Å². The molecule has 4 N–H and O–H groups in total. The normalized spacial score (nSPS) is 34.6. The first kappa shape index (κ1) is 6.16. The summed E-state index contributed by atoms with van der Waals surface area (Å²) in [5, 5.41) is 2.09. The predicted molar refractivity (Wildman–Crippen MR) is 36.1 cm³/mol. The van der Waals surface area contributed by atoms with Gasteiger partial charge in [-0.3, -0.25) is 4.79 Å². The lowest BCUT2D eigenvalue weighted by Gasteiger charge is -2.08.